The number of esters is 1. The van der Waals surface area contributed by atoms with Crippen LogP contribution in [-0.2, 0) is 40.6 Å². The second-order valence-electron chi connectivity index (χ2n) is 5.56. The SMILES string of the molecule is C=C(/C=C\[C](=[Ni])OCc1ccccc1)[C@H]1C[C@@H](C(=O)OC)CCO1. The van der Waals surface area contributed by atoms with E-state index in [4.69, 9.17) is 29.2 Å². The molecule has 1 fully saturated rings. The summed E-state index contributed by atoms with van der Waals surface area (Å²) in [6.07, 6.45) is 4.59. The van der Waals surface area contributed by atoms with Crippen LogP contribution >= 0.6 is 0 Å². The van der Waals surface area contributed by atoms with Gasteiger partial charge in [0.25, 0.3) is 0 Å². The third-order valence-corrected chi connectivity index (χ3v) is 4.17. The minimum atomic E-state index is -0.193. The fraction of sp³-hybridized carbons (Fsp3) is 0.368. The standard InChI is InChI=1S/C19H22O4.Ni/c1-15(18-13-17(10-12-23-18)19(20)21-2)7-6-11-22-14-16-8-4-3-5-9-16;/h3-9,17-18H,1,10,12-14H2,2H3;/b7-6-;/t17-,18+;/m0./s1. The van der Waals surface area contributed by atoms with Gasteiger partial charge in [-0.15, -0.1) is 0 Å². The van der Waals surface area contributed by atoms with E-state index >= 15 is 0 Å². The van der Waals surface area contributed by atoms with E-state index in [1.807, 2.05) is 30.3 Å². The van der Waals surface area contributed by atoms with Gasteiger partial charge in [0.1, 0.15) is 0 Å². The van der Waals surface area contributed by atoms with Crippen molar-refractivity contribution in [1.82, 2.24) is 0 Å². The van der Waals surface area contributed by atoms with Gasteiger partial charge in [-0.1, -0.05) is 0 Å². The maximum absolute atomic E-state index is 11.7. The molecule has 1 aromatic carbocycles. The zero-order valence-corrected chi connectivity index (χ0v) is 14.7. The Balaban J connectivity index is 1.81. The van der Waals surface area contributed by atoms with Crippen molar-refractivity contribution in [3.8, 4) is 0 Å². The molecule has 2 rings (SSSR count). The predicted octanol–water partition coefficient (Wildman–Crippen LogP) is 2.96. The van der Waals surface area contributed by atoms with E-state index in [0.29, 0.717) is 30.7 Å². The van der Waals surface area contributed by atoms with Crippen LogP contribution in [0.3, 0.4) is 0 Å². The van der Waals surface area contributed by atoms with Crippen LogP contribution in [0.2, 0.25) is 0 Å². The average Bonchev–Trinajstić information content (AvgIpc) is 2.64. The molecule has 0 amide bonds. The molecule has 0 radical (unpaired) electrons. The topological polar surface area (TPSA) is 44.8 Å². The van der Waals surface area contributed by atoms with Crippen molar-refractivity contribution in [2.75, 3.05) is 13.7 Å². The molecule has 1 saturated heterocycles. The molecule has 132 valence electrons. The molecule has 0 spiro atoms. The molecule has 0 bridgehead atoms. The van der Waals surface area contributed by atoms with Crippen LogP contribution in [0, 0.1) is 5.92 Å². The first kappa shape index (κ1) is 18.8. The fourth-order valence-electron chi connectivity index (χ4n) is 2.48. The molecule has 4 nitrogen and oxygen atoms in total. The van der Waals surface area contributed by atoms with Crippen molar-refractivity contribution in [3.05, 3.63) is 60.2 Å². The Hall–Kier alpha value is -1.55. The Kier molecular flexibility index (Phi) is 7.58. The fourth-order valence-corrected chi connectivity index (χ4v) is 2.63. The first-order valence-electron chi connectivity index (χ1n) is 7.82. The van der Waals surface area contributed by atoms with Gasteiger partial charge >= 0.3 is 150 Å². The number of rotatable bonds is 7. The van der Waals surface area contributed by atoms with Gasteiger partial charge in [-0.05, 0) is 0 Å². The second-order valence-corrected chi connectivity index (χ2v) is 6.05. The van der Waals surface area contributed by atoms with E-state index in [1.54, 1.807) is 12.2 Å². The summed E-state index contributed by atoms with van der Waals surface area (Å²) in [7, 11) is 1.41. The zero-order valence-electron chi connectivity index (χ0n) is 13.7. The van der Waals surface area contributed by atoms with E-state index in [0.717, 1.165) is 11.1 Å². The molecule has 1 aromatic rings. The summed E-state index contributed by atoms with van der Waals surface area (Å²) in [5.74, 6) is -0.327. The number of methoxy groups -OCH3 is 1. The van der Waals surface area contributed by atoms with Gasteiger partial charge in [-0.25, -0.2) is 0 Å². The van der Waals surface area contributed by atoms with Crippen molar-refractivity contribution in [1.29, 1.82) is 0 Å². The third-order valence-electron chi connectivity index (χ3n) is 3.86. The molecule has 0 saturated carbocycles. The van der Waals surface area contributed by atoms with Gasteiger partial charge < -0.3 is 0 Å². The number of carbonyl (C=O) groups is 1. The molecular weight excluding hydrogens is 351 g/mol. The third kappa shape index (κ3) is 5.82. The van der Waals surface area contributed by atoms with Gasteiger partial charge in [0.15, 0.2) is 0 Å². The first-order valence-corrected chi connectivity index (χ1v) is 8.32. The van der Waals surface area contributed by atoms with Crippen LogP contribution in [0.15, 0.2) is 54.6 Å². The molecule has 2 atom stereocenters. The number of ether oxygens (including phenoxy) is 3. The molecule has 5 heteroatoms. The Morgan fingerprint density at radius 2 is 2.12 bits per heavy atom. The molecule has 0 aromatic heterocycles. The first-order chi connectivity index (χ1) is 11.6. The summed E-state index contributed by atoms with van der Waals surface area (Å²) < 4.78 is 16.5. The van der Waals surface area contributed by atoms with Crippen molar-refractivity contribution in [2.45, 2.75) is 25.6 Å². The summed E-state index contributed by atoms with van der Waals surface area (Å²) in [6, 6.07) is 9.85. The van der Waals surface area contributed by atoms with Gasteiger partial charge in [-0.3, -0.25) is 0 Å². The zero-order chi connectivity index (χ0) is 17.4. The van der Waals surface area contributed by atoms with Gasteiger partial charge in [0.2, 0.25) is 0 Å². The van der Waals surface area contributed by atoms with Crippen LogP contribution in [-0.4, -0.2) is 30.5 Å². The predicted molar refractivity (Wildman–Crippen MR) is 89.0 cm³/mol. The molecule has 1 heterocycles. The summed E-state index contributed by atoms with van der Waals surface area (Å²) in [5.41, 5.74) is 1.84. The van der Waals surface area contributed by atoms with Crippen molar-refractivity contribution in [2.24, 2.45) is 5.92 Å². The van der Waals surface area contributed by atoms with E-state index in [2.05, 4.69) is 6.58 Å². The monoisotopic (exact) mass is 372 g/mol. The molecular formula is C19H22NiO4. The Labute approximate surface area is 150 Å². The van der Waals surface area contributed by atoms with Crippen LogP contribution in [0.25, 0.3) is 0 Å². The van der Waals surface area contributed by atoms with Crippen LogP contribution in [0.5, 0.6) is 0 Å². The van der Waals surface area contributed by atoms with Crippen LogP contribution < -0.4 is 0 Å². The van der Waals surface area contributed by atoms with Gasteiger partial charge in [-0.2, -0.15) is 0 Å². The molecule has 0 N–H and O–H groups in total. The Morgan fingerprint density at radius 1 is 1.38 bits per heavy atom. The molecule has 1 aliphatic rings. The summed E-state index contributed by atoms with van der Waals surface area (Å²) >= 11 is 4.86. The number of benzene rings is 1. The van der Waals surface area contributed by atoms with Crippen molar-refractivity contribution < 1.29 is 34.0 Å². The number of hydrogen-bond donors (Lipinski definition) is 0. The summed E-state index contributed by atoms with van der Waals surface area (Å²) in [5, 5.41) is 0. The maximum atomic E-state index is 11.7. The van der Waals surface area contributed by atoms with E-state index in [1.165, 1.54) is 7.11 Å². The molecule has 24 heavy (non-hydrogen) atoms. The van der Waals surface area contributed by atoms with E-state index in [9.17, 15) is 4.79 Å². The van der Waals surface area contributed by atoms with Crippen molar-refractivity contribution >= 4 is 10.6 Å². The number of hydrogen-bond acceptors (Lipinski definition) is 4. The molecule has 0 aliphatic carbocycles. The van der Waals surface area contributed by atoms with Crippen LogP contribution in [0.4, 0.5) is 0 Å². The van der Waals surface area contributed by atoms with E-state index in [-0.39, 0.29) is 18.0 Å². The van der Waals surface area contributed by atoms with Gasteiger partial charge in [0.05, 0.1) is 0 Å². The minimum absolute atomic E-state index is 0.136. The van der Waals surface area contributed by atoms with Crippen LogP contribution in [0.1, 0.15) is 18.4 Å². The molecule has 1 aliphatic heterocycles. The Morgan fingerprint density at radius 3 is 2.83 bits per heavy atom. The molecule has 0 unspecified atom stereocenters. The Bertz CT molecular complexity index is 609. The normalized spacial score (nSPS) is 20.8. The van der Waals surface area contributed by atoms with E-state index < -0.39 is 0 Å². The second kappa shape index (κ2) is 9.68. The average molecular weight is 373 g/mol. The summed E-state index contributed by atoms with van der Waals surface area (Å²) in [6.45, 7) is 4.98. The van der Waals surface area contributed by atoms with Crippen molar-refractivity contribution in [3.63, 3.8) is 0 Å². The quantitative estimate of drug-likeness (QED) is 0.419. The van der Waals surface area contributed by atoms with Gasteiger partial charge in [0, 0.05) is 0 Å². The summed E-state index contributed by atoms with van der Waals surface area (Å²) in [4.78, 5) is 11.7. The number of carbonyl (C=O) groups excluding carboxylic acids is 1.